The SMILES string of the molecule is C[C@H]1C(OCC2CCCCC2)O[C@]23C[C@]24C1CC[C@@H](C)C4CC[C@@](C)(O)O3. The van der Waals surface area contributed by atoms with Crippen molar-refractivity contribution in [2.24, 2.45) is 35.0 Å². The summed E-state index contributed by atoms with van der Waals surface area (Å²) in [6, 6.07) is 0. The highest BCUT2D eigenvalue weighted by Gasteiger charge is 2.83. The fourth-order valence-electron chi connectivity index (χ4n) is 7.52. The van der Waals surface area contributed by atoms with E-state index in [1.165, 1.54) is 44.9 Å². The van der Waals surface area contributed by atoms with Gasteiger partial charge in [0.15, 0.2) is 17.9 Å². The molecule has 2 aliphatic heterocycles. The van der Waals surface area contributed by atoms with Gasteiger partial charge in [-0.15, -0.1) is 0 Å². The second-order valence-electron chi connectivity index (χ2n) is 10.7. The first-order valence-electron chi connectivity index (χ1n) is 11.6. The predicted octanol–water partition coefficient (Wildman–Crippen LogP) is 4.84. The monoisotopic (exact) mass is 378 g/mol. The molecule has 3 aliphatic carbocycles. The fraction of sp³-hybridized carbons (Fsp3) is 1.00. The quantitative estimate of drug-likeness (QED) is 0.763. The van der Waals surface area contributed by atoms with Crippen LogP contribution in [0.4, 0.5) is 0 Å². The van der Waals surface area contributed by atoms with E-state index in [1.807, 2.05) is 6.92 Å². The van der Waals surface area contributed by atoms with Crippen molar-refractivity contribution in [1.82, 2.24) is 0 Å². The Bertz CT molecular complexity index is 571. The van der Waals surface area contributed by atoms with Crippen molar-refractivity contribution < 1.29 is 19.3 Å². The van der Waals surface area contributed by atoms with E-state index >= 15 is 0 Å². The Labute approximate surface area is 164 Å². The number of ether oxygens (including phenoxy) is 3. The maximum absolute atomic E-state index is 10.8. The Hall–Kier alpha value is -0.160. The summed E-state index contributed by atoms with van der Waals surface area (Å²) in [7, 11) is 0. The summed E-state index contributed by atoms with van der Waals surface area (Å²) < 4.78 is 19.4. The van der Waals surface area contributed by atoms with E-state index in [1.54, 1.807) is 0 Å². The lowest BCUT2D eigenvalue weighted by molar-refractivity contribution is -0.379. The normalized spacial score (nSPS) is 55.3. The van der Waals surface area contributed by atoms with Crippen molar-refractivity contribution in [3.63, 3.8) is 0 Å². The smallest absolute Gasteiger partial charge is 0.181 e. The van der Waals surface area contributed by atoms with Gasteiger partial charge < -0.3 is 19.3 Å². The standard InChI is InChI=1S/C23H38O4/c1-15-9-10-19-16(2)20(25-13-17-7-5-4-6-8-17)26-23-14-22(19,23)18(15)11-12-21(3,24)27-23/h15-20,24H,4-14H2,1-3H3/t15-,16-,18?,19?,20?,21+,22+,23+/m1/s1. The van der Waals surface area contributed by atoms with Crippen LogP contribution in [0, 0.1) is 35.0 Å². The molecule has 8 atom stereocenters. The van der Waals surface area contributed by atoms with Gasteiger partial charge in [0.05, 0.1) is 6.61 Å². The van der Waals surface area contributed by atoms with Gasteiger partial charge in [-0.2, -0.15) is 0 Å². The van der Waals surface area contributed by atoms with Gasteiger partial charge in [0, 0.05) is 24.2 Å². The molecule has 2 heterocycles. The van der Waals surface area contributed by atoms with E-state index < -0.39 is 11.6 Å². The third-order valence-corrected chi connectivity index (χ3v) is 8.95. The Balaban J connectivity index is 1.38. The van der Waals surface area contributed by atoms with Crippen LogP contribution >= 0.6 is 0 Å². The zero-order valence-corrected chi connectivity index (χ0v) is 17.4. The van der Waals surface area contributed by atoms with E-state index in [0.717, 1.165) is 19.4 Å². The third kappa shape index (κ3) is 2.85. The van der Waals surface area contributed by atoms with Crippen molar-refractivity contribution in [3.8, 4) is 0 Å². The van der Waals surface area contributed by atoms with E-state index in [2.05, 4.69) is 13.8 Å². The molecule has 1 spiro atoms. The highest BCUT2D eigenvalue weighted by molar-refractivity contribution is 5.24. The van der Waals surface area contributed by atoms with E-state index in [-0.39, 0.29) is 11.7 Å². The van der Waals surface area contributed by atoms with Crippen LogP contribution in [0.2, 0.25) is 0 Å². The van der Waals surface area contributed by atoms with Gasteiger partial charge in [0.25, 0.3) is 0 Å². The topological polar surface area (TPSA) is 47.9 Å². The number of hydrogen-bond donors (Lipinski definition) is 1. The van der Waals surface area contributed by atoms with Crippen LogP contribution in [-0.4, -0.2) is 29.6 Å². The summed E-state index contributed by atoms with van der Waals surface area (Å²) in [4.78, 5) is 0. The maximum Gasteiger partial charge on any atom is 0.181 e. The highest BCUT2D eigenvalue weighted by atomic mass is 16.8. The summed E-state index contributed by atoms with van der Waals surface area (Å²) in [6.07, 6.45) is 11.7. The van der Waals surface area contributed by atoms with Gasteiger partial charge in [-0.25, -0.2) is 0 Å². The minimum Gasteiger partial charge on any atom is -0.366 e. The Morgan fingerprint density at radius 2 is 1.78 bits per heavy atom. The van der Waals surface area contributed by atoms with Crippen LogP contribution in [0.25, 0.3) is 0 Å². The van der Waals surface area contributed by atoms with Crippen LogP contribution in [0.5, 0.6) is 0 Å². The molecule has 5 rings (SSSR count). The lowest BCUT2D eigenvalue weighted by atomic mass is 9.58. The number of hydrogen-bond acceptors (Lipinski definition) is 4. The Kier molecular flexibility index (Phi) is 4.48. The zero-order chi connectivity index (χ0) is 18.9. The van der Waals surface area contributed by atoms with Crippen molar-refractivity contribution >= 4 is 0 Å². The molecule has 3 unspecified atom stereocenters. The molecule has 3 saturated carbocycles. The molecular weight excluding hydrogens is 340 g/mol. The van der Waals surface area contributed by atoms with E-state index in [4.69, 9.17) is 14.2 Å². The summed E-state index contributed by atoms with van der Waals surface area (Å²) >= 11 is 0. The van der Waals surface area contributed by atoms with Crippen molar-refractivity contribution in [2.45, 2.75) is 103 Å². The second-order valence-corrected chi connectivity index (χ2v) is 10.7. The molecule has 2 saturated heterocycles. The average molecular weight is 379 g/mol. The first-order valence-corrected chi connectivity index (χ1v) is 11.6. The van der Waals surface area contributed by atoms with Crippen LogP contribution in [-0.2, 0) is 14.2 Å². The van der Waals surface area contributed by atoms with Crippen LogP contribution in [0.15, 0.2) is 0 Å². The fourth-order valence-corrected chi connectivity index (χ4v) is 7.52. The third-order valence-electron chi connectivity index (χ3n) is 8.95. The number of aliphatic hydroxyl groups is 1. The summed E-state index contributed by atoms with van der Waals surface area (Å²) in [5.41, 5.74) is 0.106. The molecule has 0 bridgehead atoms. The van der Waals surface area contributed by atoms with Crippen molar-refractivity contribution in [3.05, 3.63) is 0 Å². The van der Waals surface area contributed by atoms with Gasteiger partial charge in [-0.3, -0.25) is 0 Å². The maximum atomic E-state index is 10.8. The first-order chi connectivity index (χ1) is 12.9. The van der Waals surface area contributed by atoms with E-state index in [9.17, 15) is 5.11 Å². The summed E-state index contributed by atoms with van der Waals surface area (Å²) in [5.74, 6) is 1.29. The molecule has 0 aromatic rings. The average Bonchev–Trinajstić information content (AvgIpc) is 3.27. The minimum absolute atomic E-state index is 0.106. The summed E-state index contributed by atoms with van der Waals surface area (Å²) in [5, 5.41) is 10.8. The van der Waals surface area contributed by atoms with Crippen molar-refractivity contribution in [2.75, 3.05) is 6.61 Å². The van der Waals surface area contributed by atoms with Crippen LogP contribution in [0.3, 0.4) is 0 Å². The lowest BCUT2D eigenvalue weighted by Gasteiger charge is -2.51. The molecule has 154 valence electrons. The molecule has 4 heteroatoms. The first kappa shape index (κ1) is 18.8. The highest BCUT2D eigenvalue weighted by Crippen LogP contribution is 2.78. The summed E-state index contributed by atoms with van der Waals surface area (Å²) in [6.45, 7) is 7.38. The molecule has 0 aromatic heterocycles. The molecule has 5 aliphatic rings. The number of rotatable bonds is 3. The van der Waals surface area contributed by atoms with Gasteiger partial charge in [0.1, 0.15) is 0 Å². The molecule has 5 fully saturated rings. The molecule has 0 aromatic carbocycles. The van der Waals surface area contributed by atoms with Crippen molar-refractivity contribution in [1.29, 1.82) is 0 Å². The minimum atomic E-state index is -1.08. The molecule has 4 nitrogen and oxygen atoms in total. The Morgan fingerprint density at radius 1 is 1.00 bits per heavy atom. The van der Waals surface area contributed by atoms with Gasteiger partial charge >= 0.3 is 0 Å². The Morgan fingerprint density at radius 3 is 2.56 bits per heavy atom. The second kappa shape index (κ2) is 6.42. The molecule has 27 heavy (non-hydrogen) atoms. The molecule has 0 amide bonds. The largest absolute Gasteiger partial charge is 0.366 e. The molecule has 1 N–H and O–H groups in total. The van der Waals surface area contributed by atoms with Crippen LogP contribution < -0.4 is 0 Å². The van der Waals surface area contributed by atoms with Gasteiger partial charge in [-0.1, -0.05) is 39.5 Å². The molecule has 0 radical (unpaired) electrons. The van der Waals surface area contributed by atoms with E-state index in [0.29, 0.717) is 36.0 Å². The zero-order valence-electron chi connectivity index (χ0n) is 17.4. The van der Waals surface area contributed by atoms with Gasteiger partial charge in [0.2, 0.25) is 0 Å². The van der Waals surface area contributed by atoms with Crippen LogP contribution in [0.1, 0.15) is 85.0 Å². The lowest BCUT2D eigenvalue weighted by Crippen LogP contribution is -2.54. The predicted molar refractivity (Wildman–Crippen MR) is 103 cm³/mol. The van der Waals surface area contributed by atoms with Gasteiger partial charge in [-0.05, 0) is 56.3 Å². The molecular formula is C23H38O4.